The van der Waals surface area contributed by atoms with Crippen LogP contribution >= 0.6 is 0 Å². The quantitative estimate of drug-likeness (QED) is 0.692. The van der Waals surface area contributed by atoms with Crippen molar-refractivity contribution in [2.45, 2.75) is 40.0 Å². The normalized spacial score (nSPS) is 14.2. The highest BCUT2D eigenvalue weighted by Gasteiger charge is 2.16. The van der Waals surface area contributed by atoms with Gasteiger partial charge in [-0.1, -0.05) is 20.8 Å². The van der Waals surface area contributed by atoms with Gasteiger partial charge in [0, 0.05) is 6.61 Å². The lowest BCUT2D eigenvalue weighted by Crippen LogP contribution is -2.15. The Bertz CT molecular complexity index is 158. The number of carboxylic acid groups (broad SMARTS) is 1. The van der Waals surface area contributed by atoms with E-state index < -0.39 is 5.97 Å². The topological polar surface area (TPSA) is 57.5 Å². The number of aliphatic hydroxyl groups is 1. The van der Waals surface area contributed by atoms with E-state index in [0.717, 1.165) is 12.8 Å². The fourth-order valence-corrected chi connectivity index (χ4v) is 1.14. The van der Waals surface area contributed by atoms with Crippen LogP contribution in [0.15, 0.2) is 0 Å². The van der Waals surface area contributed by atoms with E-state index in [1.54, 1.807) is 0 Å². The molecule has 0 saturated heterocycles. The number of carbonyl (C=O) groups is 1. The molecule has 0 rings (SSSR count). The number of hydrogen-bond donors (Lipinski definition) is 2. The van der Waals surface area contributed by atoms with Gasteiger partial charge in [0.2, 0.25) is 0 Å². The Labute approximate surface area is 79.8 Å². The van der Waals surface area contributed by atoms with E-state index in [1.165, 1.54) is 0 Å². The first-order chi connectivity index (χ1) is 5.85. The summed E-state index contributed by atoms with van der Waals surface area (Å²) < 4.78 is 0. The van der Waals surface area contributed by atoms with Crippen LogP contribution in [0.1, 0.15) is 40.0 Å². The molecule has 1 unspecified atom stereocenters. The highest BCUT2D eigenvalue weighted by atomic mass is 16.4. The molecule has 0 aromatic heterocycles. The minimum atomic E-state index is -0.826. The van der Waals surface area contributed by atoms with Crippen LogP contribution in [0.25, 0.3) is 0 Å². The van der Waals surface area contributed by atoms with Crippen molar-refractivity contribution in [3.8, 4) is 0 Å². The van der Waals surface area contributed by atoms with Gasteiger partial charge in [-0.3, -0.25) is 4.79 Å². The van der Waals surface area contributed by atoms with Crippen LogP contribution in [0.5, 0.6) is 0 Å². The summed E-state index contributed by atoms with van der Waals surface area (Å²) in [6.07, 6.45) is 1.81. The van der Waals surface area contributed by atoms with Crippen LogP contribution in [-0.4, -0.2) is 22.8 Å². The lowest BCUT2D eigenvalue weighted by Gasteiger charge is -2.20. The predicted molar refractivity (Wildman–Crippen MR) is 51.5 cm³/mol. The van der Waals surface area contributed by atoms with E-state index >= 15 is 0 Å². The van der Waals surface area contributed by atoms with E-state index in [9.17, 15) is 4.79 Å². The number of aliphatic carboxylic acids is 1. The van der Waals surface area contributed by atoms with E-state index in [-0.39, 0.29) is 24.4 Å². The molecule has 0 aromatic rings. The second-order valence-corrected chi connectivity index (χ2v) is 4.75. The molecule has 13 heavy (non-hydrogen) atoms. The third-order valence-corrected chi connectivity index (χ3v) is 2.02. The number of carboxylic acids is 1. The van der Waals surface area contributed by atoms with Crippen molar-refractivity contribution >= 4 is 5.97 Å². The van der Waals surface area contributed by atoms with Gasteiger partial charge >= 0.3 is 5.97 Å². The van der Waals surface area contributed by atoms with Crippen LogP contribution in [0.4, 0.5) is 0 Å². The molecule has 2 N–H and O–H groups in total. The molecule has 0 radical (unpaired) electrons. The Morgan fingerprint density at radius 1 is 1.38 bits per heavy atom. The standard InChI is InChI=1S/C10H20O3/c1-10(2,3)5-4-8(7-11)6-9(12)13/h8,11H,4-7H2,1-3H3,(H,12,13). The molecule has 0 amide bonds. The average molecular weight is 188 g/mol. The van der Waals surface area contributed by atoms with Crippen LogP contribution in [0.3, 0.4) is 0 Å². The molecule has 0 spiro atoms. The van der Waals surface area contributed by atoms with Crippen LogP contribution in [-0.2, 0) is 4.79 Å². The Kier molecular flexibility index (Phi) is 4.99. The Morgan fingerprint density at radius 3 is 2.23 bits per heavy atom. The summed E-state index contributed by atoms with van der Waals surface area (Å²) in [6.45, 7) is 6.31. The Balaban J connectivity index is 3.79. The molecule has 78 valence electrons. The molecule has 1 atom stereocenters. The number of aliphatic hydroxyl groups excluding tert-OH is 1. The second kappa shape index (κ2) is 5.22. The van der Waals surface area contributed by atoms with Gasteiger partial charge in [-0.15, -0.1) is 0 Å². The van der Waals surface area contributed by atoms with Crippen LogP contribution < -0.4 is 0 Å². The summed E-state index contributed by atoms with van der Waals surface area (Å²) >= 11 is 0. The number of hydrogen-bond acceptors (Lipinski definition) is 2. The first kappa shape index (κ1) is 12.4. The van der Waals surface area contributed by atoms with E-state index in [4.69, 9.17) is 10.2 Å². The van der Waals surface area contributed by atoms with Gasteiger partial charge in [0.1, 0.15) is 0 Å². The van der Waals surface area contributed by atoms with Gasteiger partial charge in [0.05, 0.1) is 6.42 Å². The fraction of sp³-hybridized carbons (Fsp3) is 0.900. The molecule has 0 heterocycles. The van der Waals surface area contributed by atoms with Gasteiger partial charge in [0.25, 0.3) is 0 Å². The lowest BCUT2D eigenvalue weighted by atomic mass is 9.86. The first-order valence-electron chi connectivity index (χ1n) is 4.68. The van der Waals surface area contributed by atoms with Crippen molar-refractivity contribution in [3.63, 3.8) is 0 Å². The van der Waals surface area contributed by atoms with Crippen molar-refractivity contribution in [1.29, 1.82) is 0 Å². The highest BCUT2D eigenvalue weighted by molar-refractivity contribution is 5.67. The van der Waals surface area contributed by atoms with Crippen molar-refractivity contribution in [1.82, 2.24) is 0 Å². The largest absolute Gasteiger partial charge is 0.481 e. The summed E-state index contributed by atoms with van der Waals surface area (Å²) in [6, 6.07) is 0. The Hall–Kier alpha value is -0.570. The third kappa shape index (κ3) is 7.78. The van der Waals surface area contributed by atoms with Crippen LogP contribution in [0, 0.1) is 11.3 Å². The molecule has 0 bridgehead atoms. The van der Waals surface area contributed by atoms with Gasteiger partial charge < -0.3 is 10.2 Å². The SMILES string of the molecule is CC(C)(C)CCC(CO)CC(=O)O. The van der Waals surface area contributed by atoms with Gasteiger partial charge in [-0.2, -0.15) is 0 Å². The molecule has 3 heteroatoms. The summed E-state index contributed by atoms with van der Waals surface area (Å²) in [4.78, 5) is 10.4. The van der Waals surface area contributed by atoms with Crippen molar-refractivity contribution in [2.75, 3.05) is 6.61 Å². The Morgan fingerprint density at radius 2 is 1.92 bits per heavy atom. The molecule has 0 aromatic carbocycles. The highest BCUT2D eigenvalue weighted by Crippen LogP contribution is 2.24. The molecular weight excluding hydrogens is 168 g/mol. The summed E-state index contributed by atoms with van der Waals surface area (Å²) in [5.41, 5.74) is 0.214. The summed E-state index contributed by atoms with van der Waals surface area (Å²) in [5, 5.41) is 17.4. The molecule has 0 saturated carbocycles. The number of rotatable bonds is 5. The van der Waals surface area contributed by atoms with Crippen molar-refractivity contribution in [2.24, 2.45) is 11.3 Å². The fourth-order valence-electron chi connectivity index (χ4n) is 1.14. The molecule has 0 aliphatic carbocycles. The maximum absolute atomic E-state index is 10.4. The molecule has 0 fully saturated rings. The van der Waals surface area contributed by atoms with Gasteiger partial charge in [0.15, 0.2) is 0 Å². The molecule has 0 aliphatic heterocycles. The minimum Gasteiger partial charge on any atom is -0.481 e. The lowest BCUT2D eigenvalue weighted by molar-refractivity contribution is -0.138. The van der Waals surface area contributed by atoms with Crippen molar-refractivity contribution < 1.29 is 15.0 Å². The first-order valence-corrected chi connectivity index (χ1v) is 4.68. The zero-order valence-electron chi connectivity index (χ0n) is 8.71. The molecule has 3 nitrogen and oxygen atoms in total. The van der Waals surface area contributed by atoms with Crippen LogP contribution in [0.2, 0.25) is 0 Å². The maximum atomic E-state index is 10.4. The minimum absolute atomic E-state index is 0.0254. The van der Waals surface area contributed by atoms with E-state index in [1.807, 2.05) is 0 Å². The molecule has 0 aliphatic rings. The van der Waals surface area contributed by atoms with Gasteiger partial charge in [-0.25, -0.2) is 0 Å². The monoisotopic (exact) mass is 188 g/mol. The smallest absolute Gasteiger partial charge is 0.303 e. The summed E-state index contributed by atoms with van der Waals surface area (Å²) in [5.74, 6) is -0.912. The van der Waals surface area contributed by atoms with Crippen molar-refractivity contribution in [3.05, 3.63) is 0 Å². The van der Waals surface area contributed by atoms with E-state index in [2.05, 4.69) is 20.8 Å². The maximum Gasteiger partial charge on any atom is 0.303 e. The predicted octanol–water partition coefficient (Wildman–Crippen LogP) is 1.90. The molecular formula is C10H20O3. The average Bonchev–Trinajstić information content (AvgIpc) is 1.95. The third-order valence-electron chi connectivity index (χ3n) is 2.02. The second-order valence-electron chi connectivity index (χ2n) is 4.75. The summed E-state index contributed by atoms with van der Waals surface area (Å²) in [7, 11) is 0. The van der Waals surface area contributed by atoms with E-state index in [0.29, 0.717) is 0 Å². The van der Waals surface area contributed by atoms with Gasteiger partial charge in [-0.05, 0) is 24.2 Å². The zero-order chi connectivity index (χ0) is 10.5. The zero-order valence-corrected chi connectivity index (χ0v) is 8.71.